The number of benzene rings is 1. The molecule has 0 atom stereocenters. The number of pyridine rings is 1. The zero-order valence-electron chi connectivity index (χ0n) is 12.0. The molecule has 0 aliphatic heterocycles. The lowest BCUT2D eigenvalue weighted by atomic mass is 10.2. The van der Waals surface area contributed by atoms with Crippen molar-refractivity contribution >= 4 is 16.6 Å². The molecule has 0 saturated carbocycles. The molecule has 0 amide bonds. The van der Waals surface area contributed by atoms with Crippen molar-refractivity contribution in [3.63, 3.8) is 0 Å². The van der Waals surface area contributed by atoms with E-state index in [1.807, 2.05) is 44.4 Å². The molecule has 20 heavy (non-hydrogen) atoms. The summed E-state index contributed by atoms with van der Waals surface area (Å²) in [7, 11) is 4.03. The summed E-state index contributed by atoms with van der Waals surface area (Å²) in [6.07, 6.45) is 0. The van der Waals surface area contributed by atoms with Gasteiger partial charge in [-0.2, -0.15) is 0 Å². The van der Waals surface area contributed by atoms with E-state index in [-0.39, 0.29) is 5.56 Å². The van der Waals surface area contributed by atoms with Gasteiger partial charge in [-0.15, -0.1) is 0 Å². The molecule has 0 aliphatic rings. The fourth-order valence-electron chi connectivity index (χ4n) is 1.91. The maximum absolute atomic E-state index is 11.9. The summed E-state index contributed by atoms with van der Waals surface area (Å²) in [5, 5.41) is 4.82. The number of rotatable bonds is 7. The Kier molecular flexibility index (Phi) is 5.15. The van der Waals surface area contributed by atoms with Gasteiger partial charge in [-0.3, -0.25) is 4.79 Å². The summed E-state index contributed by atoms with van der Waals surface area (Å²) in [4.78, 5) is 16.8. The number of likely N-dealkylation sites (N-methyl/N-ethyl adjacent to an activating group) is 1. The summed E-state index contributed by atoms with van der Waals surface area (Å²) in [6.45, 7) is 2.90. The number of hydrogen-bond donors (Lipinski definition) is 2. The molecule has 1 aromatic heterocycles. The van der Waals surface area contributed by atoms with E-state index in [1.165, 1.54) is 0 Å². The maximum atomic E-state index is 11.9. The highest BCUT2D eigenvalue weighted by atomic mass is 16.5. The Labute approximate surface area is 118 Å². The lowest BCUT2D eigenvalue weighted by Crippen LogP contribution is -2.20. The van der Waals surface area contributed by atoms with Gasteiger partial charge in [0.05, 0.1) is 13.2 Å². The molecule has 0 spiro atoms. The first kappa shape index (κ1) is 14.6. The molecule has 0 bridgehead atoms. The minimum atomic E-state index is -0.0703. The number of nitrogens with one attached hydrogen (secondary N) is 2. The van der Waals surface area contributed by atoms with E-state index >= 15 is 0 Å². The highest BCUT2D eigenvalue weighted by Crippen LogP contribution is 2.12. The molecule has 0 radical (unpaired) electrons. The van der Waals surface area contributed by atoms with Gasteiger partial charge in [0.15, 0.2) is 0 Å². The molecule has 5 nitrogen and oxygen atoms in total. The van der Waals surface area contributed by atoms with E-state index < -0.39 is 0 Å². The van der Waals surface area contributed by atoms with Gasteiger partial charge in [0, 0.05) is 18.5 Å². The second-order valence-corrected chi connectivity index (χ2v) is 4.94. The number of nitrogens with zero attached hydrogens (tertiary/aromatic N) is 1. The summed E-state index contributed by atoms with van der Waals surface area (Å²) in [5.74, 6) is 0.727. The Morgan fingerprint density at radius 2 is 2.05 bits per heavy atom. The smallest absolute Gasteiger partial charge is 0.257 e. The zero-order valence-corrected chi connectivity index (χ0v) is 12.0. The van der Waals surface area contributed by atoms with Crippen LogP contribution in [0.15, 0.2) is 35.1 Å². The van der Waals surface area contributed by atoms with Crippen molar-refractivity contribution in [2.45, 2.75) is 0 Å². The average Bonchev–Trinajstić information content (AvgIpc) is 2.42. The predicted octanol–water partition coefficient (Wildman–Crippen LogP) is 1.52. The molecule has 2 rings (SSSR count). The standard InChI is InChI=1S/C15H21N3O2/c1-18(2)8-10-20-9-7-16-14-11-12-5-3-4-6-13(12)15(19)17-14/h3-6,11H,7-10H2,1-2H3,(H2,16,17,19). The fraction of sp³-hybridized carbons (Fsp3) is 0.400. The Morgan fingerprint density at radius 3 is 2.85 bits per heavy atom. The molecular formula is C15H21N3O2. The van der Waals surface area contributed by atoms with E-state index in [9.17, 15) is 4.79 Å². The highest BCUT2D eigenvalue weighted by Gasteiger charge is 2.00. The van der Waals surface area contributed by atoms with Gasteiger partial charge < -0.3 is 19.9 Å². The van der Waals surface area contributed by atoms with Crippen LogP contribution in [0.1, 0.15) is 0 Å². The van der Waals surface area contributed by atoms with Crippen LogP contribution < -0.4 is 10.9 Å². The van der Waals surface area contributed by atoms with Gasteiger partial charge in [-0.25, -0.2) is 0 Å². The van der Waals surface area contributed by atoms with Crippen LogP contribution >= 0.6 is 0 Å². The third-order valence-electron chi connectivity index (χ3n) is 3.00. The van der Waals surface area contributed by atoms with E-state index in [1.54, 1.807) is 0 Å². The van der Waals surface area contributed by atoms with E-state index in [4.69, 9.17) is 4.74 Å². The first-order valence-corrected chi connectivity index (χ1v) is 6.75. The summed E-state index contributed by atoms with van der Waals surface area (Å²) in [6, 6.07) is 9.49. The van der Waals surface area contributed by atoms with Crippen LogP contribution in [0.2, 0.25) is 0 Å². The van der Waals surface area contributed by atoms with Gasteiger partial charge in [0.25, 0.3) is 5.56 Å². The number of aromatic nitrogens is 1. The minimum Gasteiger partial charge on any atom is -0.378 e. The van der Waals surface area contributed by atoms with Gasteiger partial charge in [-0.05, 0) is 31.6 Å². The van der Waals surface area contributed by atoms with Crippen LogP contribution in [0, 0.1) is 0 Å². The number of H-pyrrole nitrogens is 1. The first-order valence-electron chi connectivity index (χ1n) is 6.75. The molecule has 0 saturated heterocycles. The van der Waals surface area contributed by atoms with E-state index in [0.29, 0.717) is 25.1 Å². The molecule has 0 unspecified atom stereocenters. The molecule has 108 valence electrons. The number of ether oxygens (including phenoxy) is 1. The lowest BCUT2D eigenvalue weighted by molar-refractivity contribution is 0.126. The Morgan fingerprint density at radius 1 is 1.25 bits per heavy atom. The topological polar surface area (TPSA) is 57.4 Å². The highest BCUT2D eigenvalue weighted by molar-refractivity contribution is 5.83. The van der Waals surface area contributed by atoms with Crippen molar-refractivity contribution in [1.82, 2.24) is 9.88 Å². The molecule has 2 aromatic rings. The quantitative estimate of drug-likeness (QED) is 0.752. The molecule has 1 aromatic carbocycles. The van der Waals surface area contributed by atoms with Crippen LogP contribution in [0.3, 0.4) is 0 Å². The van der Waals surface area contributed by atoms with Gasteiger partial charge >= 0.3 is 0 Å². The van der Waals surface area contributed by atoms with Crippen LogP contribution in [0.4, 0.5) is 5.82 Å². The van der Waals surface area contributed by atoms with Crippen molar-refractivity contribution in [3.05, 3.63) is 40.7 Å². The molecule has 1 heterocycles. The zero-order chi connectivity index (χ0) is 14.4. The minimum absolute atomic E-state index is 0.0703. The Hall–Kier alpha value is -1.85. The summed E-state index contributed by atoms with van der Waals surface area (Å²) >= 11 is 0. The third-order valence-corrected chi connectivity index (χ3v) is 3.00. The number of anilines is 1. The third kappa shape index (κ3) is 4.08. The molecule has 0 aliphatic carbocycles. The number of aromatic amines is 1. The number of fused-ring (bicyclic) bond motifs is 1. The molecular weight excluding hydrogens is 254 g/mol. The largest absolute Gasteiger partial charge is 0.378 e. The van der Waals surface area contributed by atoms with Crippen molar-refractivity contribution in [3.8, 4) is 0 Å². The molecule has 5 heteroatoms. The van der Waals surface area contributed by atoms with Crippen LogP contribution in [0.5, 0.6) is 0 Å². The SMILES string of the molecule is CN(C)CCOCCNc1cc2ccccc2c(=O)[nH]1. The maximum Gasteiger partial charge on any atom is 0.257 e. The second kappa shape index (κ2) is 7.07. The van der Waals surface area contributed by atoms with Gasteiger partial charge in [-0.1, -0.05) is 18.2 Å². The lowest BCUT2D eigenvalue weighted by Gasteiger charge is -2.11. The van der Waals surface area contributed by atoms with Crippen LogP contribution in [-0.2, 0) is 4.74 Å². The van der Waals surface area contributed by atoms with Crippen molar-refractivity contribution in [2.24, 2.45) is 0 Å². The van der Waals surface area contributed by atoms with Crippen molar-refractivity contribution in [1.29, 1.82) is 0 Å². The predicted molar refractivity (Wildman–Crippen MR) is 82.4 cm³/mol. The van der Waals surface area contributed by atoms with Crippen molar-refractivity contribution in [2.75, 3.05) is 45.7 Å². The second-order valence-electron chi connectivity index (χ2n) is 4.94. The fourth-order valence-corrected chi connectivity index (χ4v) is 1.91. The average molecular weight is 275 g/mol. The van der Waals surface area contributed by atoms with Crippen molar-refractivity contribution < 1.29 is 4.74 Å². The summed E-state index contributed by atoms with van der Waals surface area (Å²) < 4.78 is 5.49. The Balaban J connectivity index is 1.86. The van der Waals surface area contributed by atoms with Crippen LogP contribution in [0.25, 0.3) is 10.8 Å². The normalized spacial score (nSPS) is 11.2. The van der Waals surface area contributed by atoms with Gasteiger partial charge in [0.2, 0.25) is 0 Å². The monoisotopic (exact) mass is 275 g/mol. The number of hydrogen-bond acceptors (Lipinski definition) is 4. The summed E-state index contributed by atoms with van der Waals surface area (Å²) in [5.41, 5.74) is -0.0703. The Bertz CT molecular complexity index is 607. The van der Waals surface area contributed by atoms with Crippen LogP contribution in [-0.4, -0.2) is 50.3 Å². The first-order chi connectivity index (χ1) is 9.66. The van der Waals surface area contributed by atoms with Gasteiger partial charge in [0.1, 0.15) is 5.82 Å². The van der Waals surface area contributed by atoms with E-state index in [0.717, 1.165) is 17.7 Å². The van der Waals surface area contributed by atoms with E-state index in [2.05, 4.69) is 15.2 Å². The molecule has 0 fully saturated rings. The molecule has 2 N–H and O–H groups in total.